The van der Waals surface area contributed by atoms with Gasteiger partial charge in [0.1, 0.15) is 23.3 Å². The van der Waals surface area contributed by atoms with E-state index in [0.29, 0.717) is 24.7 Å². The van der Waals surface area contributed by atoms with Crippen molar-refractivity contribution in [3.8, 4) is 17.4 Å². The van der Waals surface area contributed by atoms with E-state index in [1.165, 1.54) is 18.5 Å². The average molecular weight is 384 g/mol. The average Bonchev–Trinajstić information content (AvgIpc) is 3.13. The number of nitrogens with two attached hydrogens (primary N) is 1. The predicted octanol–water partition coefficient (Wildman–Crippen LogP) is 1.38. The molecule has 1 aromatic heterocycles. The molecule has 2 aliphatic heterocycles. The predicted molar refractivity (Wildman–Crippen MR) is 97.4 cm³/mol. The van der Waals surface area contributed by atoms with Crippen LogP contribution in [-0.2, 0) is 4.74 Å². The number of nitrogens with zero attached hydrogens (tertiary/aromatic N) is 3. The van der Waals surface area contributed by atoms with Crippen LogP contribution in [0.4, 0.5) is 0 Å². The van der Waals surface area contributed by atoms with Crippen LogP contribution in [0.25, 0.3) is 0 Å². The molecule has 0 bridgehead atoms. The first-order valence-electron chi connectivity index (χ1n) is 9.07. The van der Waals surface area contributed by atoms with Gasteiger partial charge in [-0.2, -0.15) is 0 Å². The van der Waals surface area contributed by atoms with E-state index in [1.54, 1.807) is 17.0 Å². The summed E-state index contributed by atoms with van der Waals surface area (Å²) in [7, 11) is 0. The molecule has 0 aliphatic carbocycles. The number of carbonyl (C=O) groups is 2. The van der Waals surface area contributed by atoms with Gasteiger partial charge < -0.3 is 24.8 Å². The van der Waals surface area contributed by atoms with Gasteiger partial charge in [-0.05, 0) is 18.6 Å². The second-order valence-electron chi connectivity index (χ2n) is 6.65. The summed E-state index contributed by atoms with van der Waals surface area (Å²) in [6.07, 6.45) is 4.45. The number of aromatic nitrogens is 2. The normalized spacial score (nSPS) is 18.4. The Labute approximate surface area is 161 Å². The van der Waals surface area contributed by atoms with Gasteiger partial charge in [-0.1, -0.05) is 0 Å². The lowest BCUT2D eigenvalue weighted by molar-refractivity contribution is 0.0645. The minimum Gasteiger partial charge on any atom is -0.488 e. The Balaban J connectivity index is 1.50. The maximum atomic E-state index is 12.1. The van der Waals surface area contributed by atoms with Crippen molar-refractivity contribution in [3.63, 3.8) is 0 Å². The van der Waals surface area contributed by atoms with Crippen molar-refractivity contribution in [3.05, 3.63) is 41.9 Å². The van der Waals surface area contributed by atoms with Crippen LogP contribution in [0.15, 0.2) is 30.6 Å². The number of hydrogen-bond acceptors (Lipinski definition) is 7. The molecule has 1 aromatic carbocycles. The van der Waals surface area contributed by atoms with Crippen molar-refractivity contribution >= 4 is 11.8 Å². The van der Waals surface area contributed by atoms with E-state index in [4.69, 9.17) is 19.9 Å². The highest BCUT2D eigenvalue weighted by atomic mass is 16.5. The standard InChI is InChI=1S/C19H20N4O5/c20-18(24)12-6-14(27-13-2-5-26-11-13)8-15(7-12)28-17-10-21-16(9-22-17)19(25)23-3-1-4-23/h6-10,13H,1-5,11H2,(H2,20,24). The van der Waals surface area contributed by atoms with Gasteiger partial charge in [0, 0.05) is 31.1 Å². The number of primary amides is 1. The molecule has 0 spiro atoms. The fraction of sp³-hybridized carbons (Fsp3) is 0.368. The van der Waals surface area contributed by atoms with E-state index in [0.717, 1.165) is 25.9 Å². The van der Waals surface area contributed by atoms with Crippen LogP contribution in [0, 0.1) is 0 Å². The molecule has 1 atom stereocenters. The molecule has 9 nitrogen and oxygen atoms in total. The summed E-state index contributed by atoms with van der Waals surface area (Å²) < 4.78 is 16.8. The summed E-state index contributed by atoms with van der Waals surface area (Å²) in [6.45, 7) is 2.62. The van der Waals surface area contributed by atoms with Crippen LogP contribution < -0.4 is 15.2 Å². The highest BCUT2D eigenvalue weighted by Gasteiger charge is 2.23. The van der Waals surface area contributed by atoms with Crippen LogP contribution >= 0.6 is 0 Å². The lowest BCUT2D eigenvalue weighted by Gasteiger charge is -2.30. The van der Waals surface area contributed by atoms with Crippen LogP contribution in [-0.4, -0.2) is 59.1 Å². The van der Waals surface area contributed by atoms with Crippen LogP contribution in [0.1, 0.15) is 33.7 Å². The Kier molecular flexibility index (Phi) is 5.07. The molecule has 2 saturated heterocycles. The quantitative estimate of drug-likeness (QED) is 0.799. The molecular weight excluding hydrogens is 364 g/mol. The zero-order valence-corrected chi connectivity index (χ0v) is 15.2. The van der Waals surface area contributed by atoms with Crippen molar-refractivity contribution in [1.29, 1.82) is 0 Å². The number of ether oxygens (including phenoxy) is 3. The van der Waals surface area contributed by atoms with Gasteiger partial charge in [0.25, 0.3) is 5.91 Å². The maximum Gasteiger partial charge on any atom is 0.274 e. The van der Waals surface area contributed by atoms with E-state index in [1.807, 2.05) is 0 Å². The van der Waals surface area contributed by atoms with Crippen molar-refractivity contribution in [2.45, 2.75) is 18.9 Å². The second kappa shape index (κ2) is 7.81. The summed E-state index contributed by atoms with van der Waals surface area (Å²) in [4.78, 5) is 33.7. The number of hydrogen-bond donors (Lipinski definition) is 1. The van der Waals surface area contributed by atoms with Gasteiger partial charge in [-0.3, -0.25) is 9.59 Å². The summed E-state index contributed by atoms with van der Waals surface area (Å²) in [5.74, 6) is 0.243. The zero-order chi connectivity index (χ0) is 19.5. The maximum absolute atomic E-state index is 12.1. The summed E-state index contributed by atoms with van der Waals surface area (Å²) in [6, 6.07) is 4.71. The molecular formula is C19H20N4O5. The Morgan fingerprint density at radius 1 is 1.14 bits per heavy atom. The number of carbonyl (C=O) groups excluding carboxylic acids is 2. The molecule has 2 amide bonds. The molecule has 2 aromatic rings. The molecule has 2 fully saturated rings. The highest BCUT2D eigenvalue weighted by Crippen LogP contribution is 2.28. The van der Waals surface area contributed by atoms with Gasteiger partial charge in [-0.15, -0.1) is 0 Å². The van der Waals surface area contributed by atoms with Gasteiger partial charge in [-0.25, -0.2) is 9.97 Å². The van der Waals surface area contributed by atoms with E-state index in [-0.39, 0.29) is 29.1 Å². The van der Waals surface area contributed by atoms with Gasteiger partial charge >= 0.3 is 0 Å². The fourth-order valence-corrected chi connectivity index (χ4v) is 2.92. The lowest BCUT2D eigenvalue weighted by Crippen LogP contribution is -2.42. The van der Waals surface area contributed by atoms with Gasteiger partial charge in [0.15, 0.2) is 0 Å². The third kappa shape index (κ3) is 4.04. The molecule has 0 radical (unpaired) electrons. The van der Waals surface area contributed by atoms with Crippen molar-refractivity contribution < 1.29 is 23.8 Å². The van der Waals surface area contributed by atoms with Gasteiger partial charge in [0.05, 0.1) is 25.6 Å². The lowest BCUT2D eigenvalue weighted by atomic mass is 10.2. The first-order chi connectivity index (χ1) is 13.6. The second-order valence-corrected chi connectivity index (χ2v) is 6.65. The first kappa shape index (κ1) is 18.2. The molecule has 2 N–H and O–H groups in total. The van der Waals surface area contributed by atoms with Crippen molar-refractivity contribution in [2.24, 2.45) is 5.73 Å². The number of amides is 2. The third-order valence-corrected chi connectivity index (χ3v) is 4.57. The first-order valence-corrected chi connectivity index (χ1v) is 9.07. The molecule has 0 saturated carbocycles. The molecule has 4 rings (SSSR count). The molecule has 28 heavy (non-hydrogen) atoms. The SMILES string of the molecule is NC(=O)c1cc(Oc2cnc(C(=O)N3CCC3)cn2)cc(OC2CCOC2)c1. The molecule has 9 heteroatoms. The Hall–Kier alpha value is -3.20. The highest BCUT2D eigenvalue weighted by molar-refractivity contribution is 5.93. The van der Waals surface area contributed by atoms with Crippen LogP contribution in [0.5, 0.6) is 17.4 Å². The van der Waals surface area contributed by atoms with E-state index >= 15 is 0 Å². The number of rotatable bonds is 6. The molecule has 3 heterocycles. The van der Waals surface area contributed by atoms with E-state index in [9.17, 15) is 9.59 Å². The summed E-state index contributed by atoms with van der Waals surface area (Å²) >= 11 is 0. The van der Waals surface area contributed by atoms with Crippen molar-refractivity contribution in [1.82, 2.24) is 14.9 Å². The summed E-state index contributed by atoms with van der Waals surface area (Å²) in [5, 5.41) is 0. The Morgan fingerprint density at radius 3 is 2.57 bits per heavy atom. The fourth-order valence-electron chi connectivity index (χ4n) is 2.92. The minimum absolute atomic E-state index is 0.0810. The van der Waals surface area contributed by atoms with Gasteiger partial charge in [0.2, 0.25) is 11.8 Å². The molecule has 146 valence electrons. The largest absolute Gasteiger partial charge is 0.488 e. The monoisotopic (exact) mass is 384 g/mol. The third-order valence-electron chi connectivity index (χ3n) is 4.57. The zero-order valence-electron chi connectivity index (χ0n) is 15.2. The topological polar surface area (TPSA) is 117 Å². The molecule has 1 unspecified atom stereocenters. The van der Waals surface area contributed by atoms with E-state index in [2.05, 4.69) is 9.97 Å². The van der Waals surface area contributed by atoms with Crippen molar-refractivity contribution in [2.75, 3.05) is 26.3 Å². The van der Waals surface area contributed by atoms with Crippen LogP contribution in [0.3, 0.4) is 0 Å². The molecule has 2 aliphatic rings. The number of likely N-dealkylation sites (tertiary alicyclic amines) is 1. The van der Waals surface area contributed by atoms with E-state index < -0.39 is 5.91 Å². The Bertz CT molecular complexity index is 876. The minimum atomic E-state index is -0.598. The Morgan fingerprint density at radius 2 is 1.96 bits per heavy atom. The number of benzene rings is 1. The smallest absolute Gasteiger partial charge is 0.274 e. The summed E-state index contributed by atoms with van der Waals surface area (Å²) in [5.41, 5.74) is 5.93. The van der Waals surface area contributed by atoms with Crippen LogP contribution in [0.2, 0.25) is 0 Å².